The second kappa shape index (κ2) is 4.83. The van der Waals surface area contributed by atoms with Crippen LogP contribution >= 0.6 is 0 Å². The molecule has 3 heteroatoms. The van der Waals surface area contributed by atoms with Crippen molar-refractivity contribution < 1.29 is 4.39 Å². The number of benzene rings is 1. The molecular formula is C13H19FN2. The highest BCUT2D eigenvalue weighted by Crippen LogP contribution is 2.22. The first-order valence-corrected chi connectivity index (χ1v) is 5.85. The number of hydrogen-bond donors (Lipinski definition) is 1. The summed E-state index contributed by atoms with van der Waals surface area (Å²) in [5.74, 6) is 1.16. The molecule has 1 saturated heterocycles. The molecular weight excluding hydrogens is 203 g/mol. The van der Waals surface area contributed by atoms with Gasteiger partial charge in [-0.25, -0.2) is 4.39 Å². The summed E-state index contributed by atoms with van der Waals surface area (Å²) in [5.41, 5.74) is 0.696. The number of para-hydroxylation sites is 1. The summed E-state index contributed by atoms with van der Waals surface area (Å²) in [5, 5.41) is 3.37. The van der Waals surface area contributed by atoms with Gasteiger partial charge in [0.25, 0.3) is 0 Å². The molecule has 0 saturated carbocycles. The number of anilines is 1. The minimum atomic E-state index is -0.136. The zero-order valence-electron chi connectivity index (χ0n) is 9.91. The molecule has 2 nitrogen and oxygen atoms in total. The molecule has 2 atom stereocenters. The Morgan fingerprint density at radius 1 is 1.38 bits per heavy atom. The van der Waals surface area contributed by atoms with E-state index in [0.29, 0.717) is 17.5 Å². The van der Waals surface area contributed by atoms with Gasteiger partial charge in [0.1, 0.15) is 5.82 Å². The molecule has 0 spiro atoms. The van der Waals surface area contributed by atoms with Gasteiger partial charge >= 0.3 is 0 Å². The van der Waals surface area contributed by atoms with Crippen LogP contribution in [0.3, 0.4) is 0 Å². The van der Waals surface area contributed by atoms with Crippen molar-refractivity contribution in [2.45, 2.75) is 6.92 Å². The molecule has 2 rings (SSSR count). The summed E-state index contributed by atoms with van der Waals surface area (Å²) >= 11 is 0. The minimum Gasteiger partial charge on any atom is -0.372 e. The lowest BCUT2D eigenvalue weighted by molar-refractivity contribution is 0.453. The molecule has 0 aromatic heterocycles. The van der Waals surface area contributed by atoms with E-state index in [1.807, 2.05) is 24.1 Å². The molecule has 1 aliphatic heterocycles. The van der Waals surface area contributed by atoms with Crippen LogP contribution in [0.5, 0.6) is 0 Å². The Hall–Kier alpha value is -1.09. The van der Waals surface area contributed by atoms with Crippen LogP contribution in [0.4, 0.5) is 10.1 Å². The second-order valence-corrected chi connectivity index (χ2v) is 4.73. The van der Waals surface area contributed by atoms with Crippen molar-refractivity contribution in [3.63, 3.8) is 0 Å². The second-order valence-electron chi connectivity index (χ2n) is 4.73. The van der Waals surface area contributed by atoms with Crippen LogP contribution in [0.25, 0.3) is 0 Å². The highest BCUT2D eigenvalue weighted by molar-refractivity contribution is 5.46. The van der Waals surface area contributed by atoms with Crippen LogP contribution in [-0.4, -0.2) is 26.7 Å². The first-order chi connectivity index (χ1) is 7.68. The summed E-state index contributed by atoms with van der Waals surface area (Å²) in [6.07, 6.45) is 0. The van der Waals surface area contributed by atoms with Gasteiger partial charge in [0, 0.05) is 13.6 Å². The highest BCUT2D eigenvalue weighted by atomic mass is 19.1. The van der Waals surface area contributed by atoms with Gasteiger partial charge in [-0.2, -0.15) is 0 Å². The quantitative estimate of drug-likeness (QED) is 0.842. The Morgan fingerprint density at radius 2 is 2.12 bits per heavy atom. The lowest BCUT2D eigenvalue weighted by atomic mass is 9.97. The van der Waals surface area contributed by atoms with Gasteiger partial charge in [-0.1, -0.05) is 19.1 Å². The van der Waals surface area contributed by atoms with E-state index < -0.39 is 0 Å². The van der Waals surface area contributed by atoms with Gasteiger partial charge in [0.15, 0.2) is 0 Å². The van der Waals surface area contributed by atoms with Crippen molar-refractivity contribution in [3.05, 3.63) is 30.1 Å². The van der Waals surface area contributed by atoms with Crippen molar-refractivity contribution in [2.75, 3.05) is 31.6 Å². The Balaban J connectivity index is 2.03. The largest absolute Gasteiger partial charge is 0.372 e. The van der Waals surface area contributed by atoms with E-state index in [1.165, 1.54) is 6.07 Å². The maximum Gasteiger partial charge on any atom is 0.146 e. The van der Waals surface area contributed by atoms with Crippen molar-refractivity contribution >= 4 is 5.69 Å². The minimum absolute atomic E-state index is 0.136. The van der Waals surface area contributed by atoms with E-state index in [-0.39, 0.29) is 5.82 Å². The molecule has 0 bridgehead atoms. The van der Waals surface area contributed by atoms with Crippen LogP contribution in [0, 0.1) is 17.7 Å². The molecule has 1 aromatic rings. The summed E-state index contributed by atoms with van der Waals surface area (Å²) < 4.78 is 13.6. The third-order valence-corrected chi connectivity index (χ3v) is 3.45. The van der Waals surface area contributed by atoms with Gasteiger partial charge in [-0.05, 0) is 37.1 Å². The molecule has 16 heavy (non-hydrogen) atoms. The molecule has 0 amide bonds. The number of hydrogen-bond acceptors (Lipinski definition) is 2. The summed E-state index contributed by atoms with van der Waals surface area (Å²) in [4.78, 5) is 2.02. The zero-order chi connectivity index (χ0) is 11.5. The average molecular weight is 222 g/mol. The van der Waals surface area contributed by atoms with Gasteiger partial charge in [-0.15, -0.1) is 0 Å². The van der Waals surface area contributed by atoms with Gasteiger partial charge < -0.3 is 10.2 Å². The number of nitrogens with one attached hydrogen (secondary N) is 1. The average Bonchev–Trinajstić information content (AvgIpc) is 2.65. The summed E-state index contributed by atoms with van der Waals surface area (Å²) in [6, 6.07) is 6.96. The van der Waals surface area contributed by atoms with Gasteiger partial charge in [-0.3, -0.25) is 0 Å². The van der Waals surface area contributed by atoms with Crippen molar-refractivity contribution in [1.82, 2.24) is 5.32 Å². The van der Waals surface area contributed by atoms with Crippen molar-refractivity contribution in [3.8, 4) is 0 Å². The first kappa shape index (κ1) is 11.4. The molecule has 1 aliphatic rings. The topological polar surface area (TPSA) is 15.3 Å². The van der Waals surface area contributed by atoms with Gasteiger partial charge in [0.05, 0.1) is 5.69 Å². The third-order valence-electron chi connectivity index (χ3n) is 3.45. The normalized spacial score (nSPS) is 24.7. The lowest BCUT2D eigenvalue weighted by Crippen LogP contribution is -2.29. The van der Waals surface area contributed by atoms with E-state index in [1.54, 1.807) is 6.07 Å². The van der Waals surface area contributed by atoms with Gasteiger partial charge in [0.2, 0.25) is 0 Å². The van der Waals surface area contributed by atoms with Crippen molar-refractivity contribution in [1.29, 1.82) is 0 Å². The first-order valence-electron chi connectivity index (χ1n) is 5.85. The van der Waals surface area contributed by atoms with E-state index in [2.05, 4.69) is 12.2 Å². The Kier molecular flexibility index (Phi) is 3.44. The van der Waals surface area contributed by atoms with Crippen molar-refractivity contribution in [2.24, 2.45) is 11.8 Å². The Morgan fingerprint density at radius 3 is 2.75 bits per heavy atom. The van der Waals surface area contributed by atoms with E-state index >= 15 is 0 Å². The maximum absolute atomic E-state index is 13.6. The smallest absolute Gasteiger partial charge is 0.146 e. The molecule has 1 N–H and O–H groups in total. The lowest BCUT2D eigenvalue weighted by Gasteiger charge is -2.25. The number of rotatable bonds is 3. The van der Waals surface area contributed by atoms with Crippen LogP contribution in [-0.2, 0) is 0 Å². The maximum atomic E-state index is 13.6. The standard InChI is InChI=1S/C13H19FN2/c1-10-7-15-8-11(10)9-16(2)13-6-4-3-5-12(13)14/h3-6,10-11,15H,7-9H2,1-2H3. The third kappa shape index (κ3) is 2.35. The molecule has 88 valence electrons. The fraction of sp³-hybridized carbons (Fsp3) is 0.538. The molecule has 1 aromatic carbocycles. The summed E-state index contributed by atoms with van der Waals surface area (Å²) in [7, 11) is 1.96. The SMILES string of the molecule is CC1CNCC1CN(C)c1ccccc1F. The van der Waals surface area contributed by atoms with Crippen LogP contribution in [0.15, 0.2) is 24.3 Å². The van der Waals surface area contributed by atoms with E-state index in [9.17, 15) is 4.39 Å². The predicted octanol–water partition coefficient (Wildman–Crippen LogP) is 2.12. The Labute approximate surface area is 96.5 Å². The number of halogens is 1. The fourth-order valence-corrected chi connectivity index (χ4v) is 2.32. The van der Waals surface area contributed by atoms with Crippen LogP contribution in [0.2, 0.25) is 0 Å². The van der Waals surface area contributed by atoms with Crippen LogP contribution in [0.1, 0.15) is 6.92 Å². The zero-order valence-corrected chi connectivity index (χ0v) is 9.91. The number of nitrogens with zero attached hydrogens (tertiary/aromatic N) is 1. The predicted molar refractivity (Wildman–Crippen MR) is 65.2 cm³/mol. The van der Waals surface area contributed by atoms with E-state index in [0.717, 1.165) is 19.6 Å². The fourth-order valence-electron chi connectivity index (χ4n) is 2.32. The molecule has 0 aliphatic carbocycles. The molecule has 1 heterocycles. The Bertz CT molecular complexity index is 354. The highest BCUT2D eigenvalue weighted by Gasteiger charge is 2.24. The molecule has 2 unspecified atom stereocenters. The monoisotopic (exact) mass is 222 g/mol. The van der Waals surface area contributed by atoms with Crippen LogP contribution < -0.4 is 10.2 Å². The molecule has 0 radical (unpaired) electrons. The summed E-state index contributed by atoms with van der Waals surface area (Å²) in [6.45, 7) is 5.28. The van der Waals surface area contributed by atoms with E-state index in [4.69, 9.17) is 0 Å². The molecule has 1 fully saturated rings.